The summed E-state index contributed by atoms with van der Waals surface area (Å²) < 4.78 is 0. The molecule has 0 amide bonds. The van der Waals surface area contributed by atoms with E-state index in [1.807, 2.05) is 0 Å². The van der Waals surface area contributed by atoms with Crippen LogP contribution in [0.1, 0.15) is 32.6 Å². The van der Waals surface area contributed by atoms with Crippen LogP contribution in [0, 0.1) is 17.3 Å². The number of ketones is 1. The van der Waals surface area contributed by atoms with E-state index in [-0.39, 0.29) is 23.0 Å². The van der Waals surface area contributed by atoms with Crippen molar-refractivity contribution in [2.24, 2.45) is 17.3 Å². The number of carboxylic acid groups (broad SMARTS) is 1. The van der Waals surface area contributed by atoms with Crippen LogP contribution < -0.4 is 0 Å². The van der Waals surface area contributed by atoms with Crippen molar-refractivity contribution in [3.63, 3.8) is 0 Å². The Kier molecular flexibility index (Phi) is 1.72. The molecule has 0 aliphatic heterocycles. The van der Waals surface area contributed by atoms with E-state index in [4.69, 9.17) is 5.11 Å². The summed E-state index contributed by atoms with van der Waals surface area (Å²) in [5.41, 5.74) is 0.249. The Hall–Kier alpha value is -0.860. The van der Waals surface area contributed by atoms with E-state index < -0.39 is 5.97 Å². The number of hydrogen-bond acceptors (Lipinski definition) is 2. The Bertz CT molecular complexity index is 226. The molecule has 2 saturated carbocycles. The van der Waals surface area contributed by atoms with Crippen LogP contribution in [0.15, 0.2) is 0 Å². The summed E-state index contributed by atoms with van der Waals surface area (Å²) in [5.74, 6) is -0.302. The second-order valence-electron chi connectivity index (χ2n) is 4.66. The molecule has 72 valence electrons. The second kappa shape index (κ2) is 2.56. The van der Waals surface area contributed by atoms with Gasteiger partial charge < -0.3 is 5.11 Å². The number of rotatable bonds is 2. The quantitative estimate of drug-likeness (QED) is 0.703. The Morgan fingerprint density at radius 1 is 1.15 bits per heavy atom. The van der Waals surface area contributed by atoms with E-state index in [9.17, 15) is 9.59 Å². The van der Waals surface area contributed by atoms with Crippen molar-refractivity contribution in [2.45, 2.75) is 32.6 Å². The lowest BCUT2D eigenvalue weighted by Gasteiger charge is -2.56. The number of Topliss-reactive ketones (excluding diaryl/α,β-unsaturated/α-hetero) is 1. The van der Waals surface area contributed by atoms with Gasteiger partial charge >= 0.3 is 5.97 Å². The summed E-state index contributed by atoms with van der Waals surface area (Å²) >= 11 is 0. The predicted octanol–water partition coefficient (Wildman–Crippen LogP) is 1.47. The van der Waals surface area contributed by atoms with Gasteiger partial charge in [0.1, 0.15) is 5.78 Å². The Labute approximate surface area is 77.1 Å². The van der Waals surface area contributed by atoms with Gasteiger partial charge in [-0.15, -0.1) is 0 Å². The van der Waals surface area contributed by atoms with E-state index >= 15 is 0 Å². The fourth-order valence-corrected chi connectivity index (χ4v) is 2.77. The van der Waals surface area contributed by atoms with Gasteiger partial charge in [-0.05, 0) is 38.0 Å². The van der Waals surface area contributed by atoms with Crippen LogP contribution in [0.4, 0.5) is 0 Å². The number of aliphatic carboxylic acids is 1. The van der Waals surface area contributed by atoms with Gasteiger partial charge in [-0.1, -0.05) is 0 Å². The molecule has 2 aliphatic carbocycles. The van der Waals surface area contributed by atoms with Crippen LogP contribution in [0.2, 0.25) is 0 Å². The first-order chi connectivity index (χ1) is 6.02. The standard InChI is InChI=1S/C10H14O3/c1-6(11)7-2-10(3-7)4-8(5-10)9(12)13/h7-8H,2-5H2,1H3,(H,12,13). The summed E-state index contributed by atoms with van der Waals surface area (Å²) in [4.78, 5) is 21.5. The highest BCUT2D eigenvalue weighted by molar-refractivity contribution is 5.80. The van der Waals surface area contributed by atoms with Crippen molar-refractivity contribution >= 4 is 11.8 Å². The highest BCUT2D eigenvalue weighted by atomic mass is 16.4. The molecule has 2 aliphatic rings. The SMILES string of the molecule is CC(=O)C1CC2(C1)CC(C(=O)O)C2. The van der Waals surface area contributed by atoms with Gasteiger partial charge in [-0.2, -0.15) is 0 Å². The van der Waals surface area contributed by atoms with E-state index in [2.05, 4.69) is 0 Å². The molecule has 1 spiro atoms. The summed E-state index contributed by atoms with van der Waals surface area (Å²) in [6, 6.07) is 0. The fourth-order valence-electron chi connectivity index (χ4n) is 2.77. The summed E-state index contributed by atoms with van der Waals surface area (Å²) in [6.07, 6.45) is 3.47. The maximum atomic E-state index is 11.0. The molecule has 1 N–H and O–H groups in total. The van der Waals surface area contributed by atoms with Crippen molar-refractivity contribution in [1.29, 1.82) is 0 Å². The Morgan fingerprint density at radius 2 is 1.62 bits per heavy atom. The predicted molar refractivity (Wildman–Crippen MR) is 46.2 cm³/mol. The topological polar surface area (TPSA) is 54.4 Å². The molecule has 0 aromatic heterocycles. The normalized spacial score (nSPS) is 42.2. The van der Waals surface area contributed by atoms with Gasteiger partial charge in [0.05, 0.1) is 5.92 Å². The monoisotopic (exact) mass is 182 g/mol. The molecule has 2 rings (SSSR count). The maximum Gasteiger partial charge on any atom is 0.306 e. The molecule has 3 heteroatoms. The fraction of sp³-hybridized carbons (Fsp3) is 0.800. The van der Waals surface area contributed by atoms with Gasteiger partial charge in [0.25, 0.3) is 0 Å². The van der Waals surface area contributed by atoms with Gasteiger partial charge in [0.2, 0.25) is 0 Å². The van der Waals surface area contributed by atoms with Crippen molar-refractivity contribution < 1.29 is 14.7 Å². The largest absolute Gasteiger partial charge is 0.481 e. The van der Waals surface area contributed by atoms with Crippen molar-refractivity contribution in [3.8, 4) is 0 Å². The molecule has 0 saturated heterocycles. The molecule has 2 fully saturated rings. The molecule has 0 aromatic carbocycles. The average molecular weight is 182 g/mol. The lowest BCUT2D eigenvalue weighted by Crippen LogP contribution is -2.51. The zero-order valence-corrected chi connectivity index (χ0v) is 7.75. The van der Waals surface area contributed by atoms with E-state index in [0.29, 0.717) is 0 Å². The van der Waals surface area contributed by atoms with Crippen LogP contribution in [0.25, 0.3) is 0 Å². The molecule has 0 radical (unpaired) electrons. The molecule has 0 heterocycles. The maximum absolute atomic E-state index is 11.0. The van der Waals surface area contributed by atoms with Gasteiger partial charge in [-0.25, -0.2) is 0 Å². The highest BCUT2D eigenvalue weighted by Gasteiger charge is 2.55. The second-order valence-corrected chi connectivity index (χ2v) is 4.66. The Balaban J connectivity index is 1.82. The molecular weight excluding hydrogens is 168 g/mol. The van der Waals surface area contributed by atoms with Crippen LogP contribution >= 0.6 is 0 Å². The van der Waals surface area contributed by atoms with Gasteiger partial charge in [-0.3, -0.25) is 9.59 Å². The number of carbonyl (C=O) groups is 2. The number of hydrogen-bond donors (Lipinski definition) is 1. The summed E-state index contributed by atoms with van der Waals surface area (Å²) in [7, 11) is 0. The van der Waals surface area contributed by atoms with Gasteiger partial charge in [0.15, 0.2) is 0 Å². The molecule has 13 heavy (non-hydrogen) atoms. The average Bonchev–Trinajstić information content (AvgIpc) is 1.78. The lowest BCUT2D eigenvalue weighted by molar-refractivity contribution is -0.160. The highest BCUT2D eigenvalue weighted by Crippen LogP contribution is 2.61. The third-order valence-corrected chi connectivity index (χ3v) is 3.64. The first-order valence-electron chi connectivity index (χ1n) is 4.76. The van der Waals surface area contributed by atoms with Crippen molar-refractivity contribution in [1.82, 2.24) is 0 Å². The molecule has 0 atom stereocenters. The van der Waals surface area contributed by atoms with Crippen LogP contribution in [0.3, 0.4) is 0 Å². The minimum absolute atomic E-state index is 0.132. The van der Waals surface area contributed by atoms with Gasteiger partial charge in [0, 0.05) is 5.92 Å². The Morgan fingerprint density at radius 3 is 2.00 bits per heavy atom. The number of carboxylic acids is 1. The number of carbonyl (C=O) groups excluding carboxylic acids is 1. The van der Waals surface area contributed by atoms with E-state index in [1.165, 1.54) is 0 Å². The minimum atomic E-state index is -0.670. The first-order valence-corrected chi connectivity index (χ1v) is 4.76. The summed E-state index contributed by atoms with van der Waals surface area (Å²) in [5, 5.41) is 8.69. The molecule has 0 unspecified atom stereocenters. The van der Waals surface area contributed by atoms with E-state index in [1.54, 1.807) is 6.92 Å². The lowest BCUT2D eigenvalue weighted by atomic mass is 9.47. The molecule has 0 aromatic rings. The third-order valence-electron chi connectivity index (χ3n) is 3.64. The van der Waals surface area contributed by atoms with Crippen LogP contribution in [-0.4, -0.2) is 16.9 Å². The van der Waals surface area contributed by atoms with E-state index in [0.717, 1.165) is 25.7 Å². The van der Waals surface area contributed by atoms with Crippen LogP contribution in [-0.2, 0) is 9.59 Å². The molecule has 3 nitrogen and oxygen atoms in total. The first kappa shape index (κ1) is 8.73. The van der Waals surface area contributed by atoms with Crippen molar-refractivity contribution in [2.75, 3.05) is 0 Å². The summed E-state index contributed by atoms with van der Waals surface area (Å²) in [6.45, 7) is 1.63. The van der Waals surface area contributed by atoms with Crippen LogP contribution in [0.5, 0.6) is 0 Å². The smallest absolute Gasteiger partial charge is 0.306 e. The minimum Gasteiger partial charge on any atom is -0.481 e. The molecule has 0 bridgehead atoms. The zero-order valence-electron chi connectivity index (χ0n) is 7.75. The van der Waals surface area contributed by atoms with Crippen molar-refractivity contribution in [3.05, 3.63) is 0 Å². The third kappa shape index (κ3) is 1.26. The molecular formula is C10H14O3. The zero-order chi connectivity index (χ0) is 9.64.